The van der Waals surface area contributed by atoms with Gasteiger partial charge in [0.2, 0.25) is 11.7 Å². The van der Waals surface area contributed by atoms with Gasteiger partial charge in [-0.3, -0.25) is 14.5 Å². The molecule has 2 aromatic rings. The van der Waals surface area contributed by atoms with Crippen molar-refractivity contribution in [2.45, 2.75) is 63.7 Å². The lowest BCUT2D eigenvalue weighted by atomic mass is 9.77. The summed E-state index contributed by atoms with van der Waals surface area (Å²) in [5, 5.41) is 10.8. The van der Waals surface area contributed by atoms with E-state index in [0.717, 1.165) is 48.9 Å². The predicted octanol–water partition coefficient (Wildman–Crippen LogP) is 5.44. The van der Waals surface area contributed by atoms with E-state index >= 15 is 0 Å². The third-order valence-corrected chi connectivity index (χ3v) is 8.76. The summed E-state index contributed by atoms with van der Waals surface area (Å²) < 4.78 is 16.5. The number of benzene rings is 1. The lowest BCUT2D eigenvalue weighted by Gasteiger charge is -2.38. The summed E-state index contributed by atoms with van der Waals surface area (Å²) in [6.07, 6.45) is 7.03. The number of rotatable bonds is 5. The molecule has 2 heterocycles. The van der Waals surface area contributed by atoms with Gasteiger partial charge in [0.15, 0.2) is 17.3 Å². The number of carbonyl (C=O) groups excluding carboxylic acids is 2. The van der Waals surface area contributed by atoms with Crippen LogP contribution in [0.25, 0.3) is 0 Å². The molecule has 2 aliphatic carbocycles. The molecule has 36 heavy (non-hydrogen) atoms. The van der Waals surface area contributed by atoms with E-state index in [0.29, 0.717) is 52.6 Å². The molecule has 1 aromatic heterocycles. The number of carbonyl (C=O) groups is 2. The summed E-state index contributed by atoms with van der Waals surface area (Å²) in [6, 6.07) is 6.06. The molecule has 0 N–H and O–H groups in total. The molecule has 0 fully saturated rings. The Bertz CT molecular complexity index is 1280. The smallest absolute Gasteiger partial charge is 0.232 e. The highest BCUT2D eigenvalue weighted by molar-refractivity contribution is 7.16. The topological polar surface area (TPSA) is 88.9 Å². The van der Waals surface area contributed by atoms with Crippen LogP contribution in [0.15, 0.2) is 23.4 Å². The summed E-state index contributed by atoms with van der Waals surface area (Å²) in [6.45, 7) is 0. The number of anilines is 1. The molecule has 0 bridgehead atoms. The molecule has 0 saturated carbocycles. The van der Waals surface area contributed by atoms with E-state index in [2.05, 4.69) is 6.07 Å². The lowest BCUT2D eigenvalue weighted by molar-refractivity contribution is -0.119. The molecule has 7 nitrogen and oxygen atoms in total. The van der Waals surface area contributed by atoms with Crippen molar-refractivity contribution >= 4 is 28.0 Å². The lowest BCUT2D eigenvalue weighted by Crippen LogP contribution is -2.40. The molecule has 0 unspecified atom stereocenters. The molecule has 0 radical (unpaired) electrons. The van der Waals surface area contributed by atoms with Crippen LogP contribution in [0.3, 0.4) is 0 Å². The number of nitriles is 1. The molecular weight excluding hydrogens is 476 g/mol. The van der Waals surface area contributed by atoms with Gasteiger partial charge in [-0.15, -0.1) is 11.3 Å². The Morgan fingerprint density at radius 3 is 2.33 bits per heavy atom. The van der Waals surface area contributed by atoms with E-state index in [4.69, 9.17) is 14.2 Å². The van der Waals surface area contributed by atoms with Gasteiger partial charge in [-0.25, -0.2) is 0 Å². The number of nitrogens with zero attached hydrogens (tertiary/aromatic N) is 2. The van der Waals surface area contributed by atoms with Crippen molar-refractivity contribution in [2.75, 3.05) is 26.2 Å². The maximum absolute atomic E-state index is 13.8. The largest absolute Gasteiger partial charge is 0.493 e. The Kier molecular flexibility index (Phi) is 6.76. The Balaban J connectivity index is 1.67. The SMILES string of the molecule is COc1cc([C@@H]2CC(=O)N(c3sc4c(c3C#N)CCCCC4)C3=C2C(=O)CCC3)cc(OC)c1OC. The number of ether oxygens (including phenoxy) is 3. The van der Waals surface area contributed by atoms with E-state index in [-0.39, 0.29) is 18.1 Å². The number of ketones is 1. The zero-order valence-corrected chi connectivity index (χ0v) is 21.8. The molecule has 1 atom stereocenters. The molecule has 1 amide bonds. The van der Waals surface area contributed by atoms with Crippen molar-refractivity contribution in [1.82, 2.24) is 0 Å². The van der Waals surface area contributed by atoms with Crippen molar-refractivity contribution in [2.24, 2.45) is 0 Å². The molecule has 1 aromatic carbocycles. The zero-order valence-electron chi connectivity index (χ0n) is 20.9. The first kappa shape index (κ1) is 24.4. The van der Waals surface area contributed by atoms with Crippen LogP contribution in [-0.2, 0) is 22.4 Å². The van der Waals surface area contributed by atoms with Gasteiger partial charge in [-0.1, -0.05) is 6.42 Å². The number of amides is 1. The van der Waals surface area contributed by atoms with Crippen molar-refractivity contribution < 1.29 is 23.8 Å². The predicted molar refractivity (Wildman–Crippen MR) is 137 cm³/mol. The van der Waals surface area contributed by atoms with Gasteiger partial charge in [0, 0.05) is 34.9 Å². The number of hydrogen-bond acceptors (Lipinski definition) is 7. The fourth-order valence-corrected chi connectivity index (χ4v) is 7.20. The van der Waals surface area contributed by atoms with Gasteiger partial charge in [0.25, 0.3) is 0 Å². The Morgan fingerprint density at radius 2 is 1.67 bits per heavy atom. The second-order valence-corrected chi connectivity index (χ2v) is 10.5. The summed E-state index contributed by atoms with van der Waals surface area (Å²) in [5.74, 6) is 1.00. The first-order chi connectivity index (χ1) is 17.5. The van der Waals surface area contributed by atoms with Gasteiger partial charge in [-0.2, -0.15) is 5.26 Å². The van der Waals surface area contributed by atoms with Gasteiger partial charge in [-0.05, 0) is 61.8 Å². The minimum absolute atomic E-state index is 0.0594. The van der Waals surface area contributed by atoms with E-state index in [1.54, 1.807) is 37.6 Å². The summed E-state index contributed by atoms with van der Waals surface area (Å²) in [5.41, 5.74) is 3.90. The normalized spacial score (nSPS) is 19.8. The highest BCUT2D eigenvalue weighted by Crippen LogP contribution is 2.49. The molecule has 8 heteroatoms. The molecule has 3 aliphatic rings. The van der Waals surface area contributed by atoms with Gasteiger partial charge in [0.1, 0.15) is 11.1 Å². The van der Waals surface area contributed by atoms with Crippen LogP contribution in [0.2, 0.25) is 0 Å². The maximum Gasteiger partial charge on any atom is 0.232 e. The number of allylic oxidation sites excluding steroid dienone is 2. The second kappa shape index (κ2) is 9.98. The number of hydrogen-bond donors (Lipinski definition) is 0. The number of Topliss-reactive ketones (excluding diaryl/α,β-unsaturated/α-hetero) is 1. The van der Waals surface area contributed by atoms with Gasteiger partial charge in [0.05, 0.1) is 26.9 Å². The number of thiophene rings is 1. The number of methoxy groups -OCH3 is 3. The second-order valence-electron chi connectivity index (χ2n) is 9.44. The van der Waals surface area contributed by atoms with E-state index in [1.165, 1.54) is 4.88 Å². The van der Waals surface area contributed by atoms with Crippen molar-refractivity contribution in [3.63, 3.8) is 0 Å². The summed E-state index contributed by atoms with van der Waals surface area (Å²) in [4.78, 5) is 30.1. The molecule has 0 spiro atoms. The highest BCUT2D eigenvalue weighted by Gasteiger charge is 2.42. The van der Waals surface area contributed by atoms with Crippen LogP contribution >= 0.6 is 11.3 Å². The molecule has 188 valence electrons. The van der Waals surface area contributed by atoms with Crippen molar-refractivity contribution in [1.29, 1.82) is 5.26 Å². The van der Waals surface area contributed by atoms with Crippen LogP contribution in [0.4, 0.5) is 5.00 Å². The van der Waals surface area contributed by atoms with Crippen LogP contribution in [0, 0.1) is 11.3 Å². The highest BCUT2D eigenvalue weighted by atomic mass is 32.1. The third kappa shape index (κ3) is 3.96. The van der Waals surface area contributed by atoms with E-state index < -0.39 is 5.92 Å². The van der Waals surface area contributed by atoms with E-state index in [1.807, 2.05) is 12.1 Å². The van der Waals surface area contributed by atoms with Crippen molar-refractivity contribution in [3.05, 3.63) is 45.0 Å². The molecule has 0 saturated heterocycles. The van der Waals surface area contributed by atoms with Crippen LogP contribution in [-0.4, -0.2) is 33.0 Å². The maximum atomic E-state index is 13.8. The first-order valence-electron chi connectivity index (χ1n) is 12.5. The third-order valence-electron chi connectivity index (χ3n) is 7.48. The number of aryl methyl sites for hydroxylation is 1. The summed E-state index contributed by atoms with van der Waals surface area (Å²) >= 11 is 1.56. The molecule has 1 aliphatic heterocycles. The first-order valence-corrected chi connectivity index (χ1v) is 13.3. The van der Waals surface area contributed by atoms with Crippen LogP contribution < -0.4 is 19.1 Å². The number of fused-ring (bicyclic) bond motifs is 1. The van der Waals surface area contributed by atoms with Gasteiger partial charge >= 0.3 is 0 Å². The average molecular weight is 507 g/mol. The minimum Gasteiger partial charge on any atom is -0.493 e. The Morgan fingerprint density at radius 1 is 0.944 bits per heavy atom. The average Bonchev–Trinajstić information content (AvgIpc) is 3.06. The summed E-state index contributed by atoms with van der Waals surface area (Å²) in [7, 11) is 4.65. The van der Waals surface area contributed by atoms with E-state index in [9.17, 15) is 14.9 Å². The minimum atomic E-state index is -0.409. The molecular formula is C28H30N2O5S. The molecule has 5 rings (SSSR count). The quantitative estimate of drug-likeness (QED) is 0.502. The fraction of sp³-hybridized carbons (Fsp3) is 0.464. The van der Waals surface area contributed by atoms with Crippen LogP contribution in [0.1, 0.15) is 72.4 Å². The standard InChI is InChI=1S/C28H30N2O5S/c1-33-22-12-16(13-23(34-2)27(22)35-3)18-14-25(32)30(20-9-7-10-21(31)26(18)20)28-19(15-29)17-8-5-4-6-11-24(17)36-28/h12-13,18H,4-11,14H2,1-3H3/t18-/m0/s1. The van der Waals surface area contributed by atoms with Crippen molar-refractivity contribution in [3.8, 4) is 23.3 Å². The zero-order chi connectivity index (χ0) is 25.4. The monoisotopic (exact) mass is 506 g/mol. The van der Waals surface area contributed by atoms with Crippen LogP contribution in [0.5, 0.6) is 17.2 Å². The Labute approximate surface area is 215 Å². The Hall–Kier alpha value is -3.31. The fourth-order valence-electron chi connectivity index (χ4n) is 5.82. The van der Waals surface area contributed by atoms with Gasteiger partial charge < -0.3 is 14.2 Å².